The molecule has 0 radical (unpaired) electrons. The molecule has 0 aliphatic carbocycles. The van der Waals surface area contributed by atoms with Crippen LogP contribution in [0.15, 0.2) is 42.5 Å². The summed E-state index contributed by atoms with van der Waals surface area (Å²) in [5, 5.41) is 16.0. The lowest BCUT2D eigenvalue weighted by atomic mass is 10.2. The third-order valence-corrected chi connectivity index (χ3v) is 3.19. The molecule has 0 atom stereocenters. The molecule has 0 bridgehead atoms. The zero-order valence-electron chi connectivity index (χ0n) is 12.6. The van der Waals surface area contributed by atoms with Gasteiger partial charge in [0.1, 0.15) is 0 Å². The van der Waals surface area contributed by atoms with E-state index in [1.54, 1.807) is 12.1 Å². The van der Waals surface area contributed by atoms with E-state index in [0.29, 0.717) is 18.7 Å². The van der Waals surface area contributed by atoms with Gasteiger partial charge in [-0.2, -0.15) is 0 Å². The van der Waals surface area contributed by atoms with Crippen LogP contribution in [0, 0.1) is 21.7 Å². The van der Waals surface area contributed by atoms with Gasteiger partial charge in [0.05, 0.1) is 4.92 Å². The van der Waals surface area contributed by atoms with Crippen molar-refractivity contribution in [2.24, 2.45) is 0 Å². The predicted molar refractivity (Wildman–Crippen MR) is 85.8 cm³/mol. The number of hydrogen-bond acceptors (Lipinski definition) is 4. The van der Waals surface area contributed by atoms with Crippen molar-refractivity contribution in [1.82, 2.24) is 0 Å². The molecule has 2 rings (SSSR count). The second-order valence-electron chi connectivity index (χ2n) is 5.01. The number of nitrogens with zero attached hydrogens (tertiary/aromatic N) is 1. The summed E-state index contributed by atoms with van der Waals surface area (Å²) >= 11 is 0. The summed E-state index contributed by atoms with van der Waals surface area (Å²) < 4.78 is 25.8. The second kappa shape index (κ2) is 8.00. The number of carbonyl (C=O) groups excluding carboxylic acids is 1. The van der Waals surface area contributed by atoms with Crippen LogP contribution in [0.5, 0.6) is 0 Å². The Hall–Kier alpha value is -3.03. The third-order valence-electron chi connectivity index (χ3n) is 3.19. The molecule has 0 saturated carbocycles. The van der Waals surface area contributed by atoms with E-state index in [9.17, 15) is 23.7 Å². The summed E-state index contributed by atoms with van der Waals surface area (Å²) in [4.78, 5) is 21.8. The second-order valence-corrected chi connectivity index (χ2v) is 5.01. The molecular weight excluding hydrogens is 320 g/mol. The maximum atomic E-state index is 13.0. The van der Waals surface area contributed by atoms with E-state index in [1.165, 1.54) is 18.2 Å². The van der Waals surface area contributed by atoms with Crippen LogP contribution in [-0.4, -0.2) is 17.4 Å². The lowest BCUT2D eigenvalue weighted by molar-refractivity contribution is -0.384. The number of nitrogens with one attached hydrogen (secondary N) is 2. The van der Waals surface area contributed by atoms with Crippen molar-refractivity contribution in [3.63, 3.8) is 0 Å². The predicted octanol–water partition coefficient (Wildman–Crippen LogP) is 3.70. The highest BCUT2D eigenvalue weighted by Crippen LogP contribution is 2.16. The summed E-state index contributed by atoms with van der Waals surface area (Å²) in [6.07, 6.45) is 0.700. The zero-order valence-corrected chi connectivity index (χ0v) is 12.6. The van der Waals surface area contributed by atoms with Crippen LogP contribution >= 0.6 is 0 Å². The molecule has 0 spiro atoms. The quantitative estimate of drug-likeness (QED) is 0.459. The van der Waals surface area contributed by atoms with Gasteiger partial charge in [0.2, 0.25) is 5.91 Å². The van der Waals surface area contributed by atoms with Crippen LogP contribution in [0.1, 0.15) is 12.8 Å². The molecule has 126 valence electrons. The normalized spacial score (nSPS) is 10.2. The van der Waals surface area contributed by atoms with Gasteiger partial charge in [0, 0.05) is 42.5 Å². The van der Waals surface area contributed by atoms with Gasteiger partial charge < -0.3 is 10.6 Å². The van der Waals surface area contributed by atoms with Gasteiger partial charge in [-0.1, -0.05) is 0 Å². The highest BCUT2D eigenvalue weighted by molar-refractivity contribution is 5.90. The van der Waals surface area contributed by atoms with Crippen LogP contribution in [0.4, 0.5) is 25.8 Å². The molecule has 0 saturated heterocycles. The van der Waals surface area contributed by atoms with E-state index in [2.05, 4.69) is 10.6 Å². The topological polar surface area (TPSA) is 84.3 Å². The summed E-state index contributed by atoms with van der Waals surface area (Å²) in [5.74, 6) is -2.31. The molecule has 8 heteroatoms. The summed E-state index contributed by atoms with van der Waals surface area (Å²) in [6, 6.07) is 9.09. The van der Waals surface area contributed by atoms with Gasteiger partial charge in [-0.3, -0.25) is 14.9 Å². The Bertz CT molecular complexity index is 736. The molecule has 2 aromatic carbocycles. The average molecular weight is 335 g/mol. The molecular formula is C16H15F2N3O3. The minimum atomic E-state index is -1.02. The fourth-order valence-electron chi connectivity index (χ4n) is 1.98. The van der Waals surface area contributed by atoms with Crippen molar-refractivity contribution in [2.45, 2.75) is 12.8 Å². The first-order chi connectivity index (χ1) is 11.5. The van der Waals surface area contributed by atoms with E-state index < -0.39 is 16.6 Å². The van der Waals surface area contributed by atoms with Gasteiger partial charge in [-0.25, -0.2) is 8.78 Å². The molecule has 0 aliphatic rings. The molecule has 2 aromatic rings. The van der Waals surface area contributed by atoms with E-state index in [-0.39, 0.29) is 23.7 Å². The van der Waals surface area contributed by atoms with Crippen LogP contribution in [0.25, 0.3) is 0 Å². The van der Waals surface area contributed by atoms with E-state index >= 15 is 0 Å². The minimum Gasteiger partial charge on any atom is -0.385 e. The van der Waals surface area contributed by atoms with Gasteiger partial charge in [-0.05, 0) is 30.7 Å². The van der Waals surface area contributed by atoms with Crippen molar-refractivity contribution >= 4 is 23.0 Å². The first-order valence-corrected chi connectivity index (χ1v) is 7.19. The Kier molecular flexibility index (Phi) is 5.78. The summed E-state index contributed by atoms with van der Waals surface area (Å²) in [7, 11) is 0. The number of hydrogen-bond donors (Lipinski definition) is 2. The lowest BCUT2D eigenvalue weighted by Gasteiger charge is -2.07. The fourth-order valence-corrected chi connectivity index (χ4v) is 1.98. The molecule has 6 nitrogen and oxygen atoms in total. The largest absolute Gasteiger partial charge is 0.385 e. The van der Waals surface area contributed by atoms with Gasteiger partial charge in [-0.15, -0.1) is 0 Å². The monoisotopic (exact) mass is 335 g/mol. The number of nitro benzene ring substituents is 1. The van der Waals surface area contributed by atoms with Gasteiger partial charge in [0.25, 0.3) is 5.69 Å². The SMILES string of the molecule is O=C(CCCNc1ccc([N+](=O)[O-])cc1)Nc1ccc(F)c(F)c1. The summed E-state index contributed by atoms with van der Waals surface area (Å²) in [6.45, 7) is 0.489. The van der Waals surface area contributed by atoms with E-state index in [0.717, 1.165) is 12.1 Å². The zero-order chi connectivity index (χ0) is 17.5. The number of carbonyl (C=O) groups is 1. The highest BCUT2D eigenvalue weighted by Gasteiger charge is 2.07. The Balaban J connectivity index is 1.72. The number of rotatable bonds is 7. The van der Waals surface area contributed by atoms with Crippen molar-refractivity contribution in [3.8, 4) is 0 Å². The minimum absolute atomic E-state index is 0.00598. The molecule has 2 N–H and O–H groups in total. The number of non-ortho nitro benzene ring substituents is 1. The Morgan fingerprint density at radius 3 is 2.33 bits per heavy atom. The average Bonchev–Trinajstić information content (AvgIpc) is 2.55. The number of nitro groups is 1. The van der Waals surface area contributed by atoms with Gasteiger partial charge in [0.15, 0.2) is 11.6 Å². The highest BCUT2D eigenvalue weighted by atomic mass is 19.2. The maximum Gasteiger partial charge on any atom is 0.269 e. The number of amides is 1. The fraction of sp³-hybridized carbons (Fsp3) is 0.188. The molecule has 0 heterocycles. The Morgan fingerprint density at radius 2 is 1.71 bits per heavy atom. The van der Waals surface area contributed by atoms with Crippen molar-refractivity contribution in [3.05, 3.63) is 64.2 Å². The van der Waals surface area contributed by atoms with Crippen LogP contribution in [0.3, 0.4) is 0 Å². The standard InChI is InChI=1S/C16H15F2N3O3/c17-14-8-5-12(10-15(14)18)20-16(22)2-1-9-19-11-3-6-13(7-4-11)21(23)24/h3-8,10,19H,1-2,9H2,(H,20,22). The van der Waals surface area contributed by atoms with Crippen molar-refractivity contribution in [1.29, 1.82) is 0 Å². The number of halogens is 2. The summed E-state index contributed by atoms with van der Waals surface area (Å²) in [5.41, 5.74) is 0.912. The van der Waals surface area contributed by atoms with E-state index in [1.807, 2.05) is 0 Å². The van der Waals surface area contributed by atoms with Crippen LogP contribution in [-0.2, 0) is 4.79 Å². The van der Waals surface area contributed by atoms with Crippen molar-refractivity contribution < 1.29 is 18.5 Å². The van der Waals surface area contributed by atoms with E-state index in [4.69, 9.17) is 0 Å². The number of anilines is 2. The Labute approximate surface area is 136 Å². The molecule has 0 unspecified atom stereocenters. The Morgan fingerprint density at radius 1 is 1.04 bits per heavy atom. The molecule has 0 aliphatic heterocycles. The van der Waals surface area contributed by atoms with Crippen molar-refractivity contribution in [2.75, 3.05) is 17.2 Å². The number of benzene rings is 2. The molecule has 0 aromatic heterocycles. The lowest BCUT2D eigenvalue weighted by Crippen LogP contribution is -2.13. The van der Waals surface area contributed by atoms with Crippen LogP contribution in [0.2, 0.25) is 0 Å². The first kappa shape index (κ1) is 17.3. The molecule has 1 amide bonds. The first-order valence-electron chi connectivity index (χ1n) is 7.19. The van der Waals surface area contributed by atoms with Crippen LogP contribution < -0.4 is 10.6 Å². The molecule has 0 fully saturated rings. The molecule has 24 heavy (non-hydrogen) atoms. The smallest absolute Gasteiger partial charge is 0.269 e. The third kappa shape index (κ3) is 5.01. The maximum absolute atomic E-state index is 13.0. The van der Waals surface area contributed by atoms with Gasteiger partial charge >= 0.3 is 0 Å².